The van der Waals surface area contributed by atoms with E-state index in [1.54, 1.807) is 0 Å². The zero-order valence-electron chi connectivity index (χ0n) is 13.7. The van der Waals surface area contributed by atoms with Crippen LogP contribution in [0.2, 0.25) is 0 Å². The van der Waals surface area contributed by atoms with E-state index in [0.717, 1.165) is 61.5 Å². The van der Waals surface area contributed by atoms with Crippen LogP contribution in [0.5, 0.6) is 5.75 Å². The van der Waals surface area contributed by atoms with Crippen LogP contribution in [0.4, 0.5) is 0 Å². The van der Waals surface area contributed by atoms with E-state index in [4.69, 9.17) is 14.7 Å². The van der Waals surface area contributed by atoms with Crippen molar-refractivity contribution in [2.45, 2.75) is 19.8 Å². The summed E-state index contributed by atoms with van der Waals surface area (Å²) in [7, 11) is 2.29. The molecule has 0 aromatic heterocycles. The number of hydrogen-bond donors (Lipinski definition) is 0. The van der Waals surface area contributed by atoms with E-state index >= 15 is 0 Å². The van der Waals surface area contributed by atoms with Crippen molar-refractivity contribution in [1.29, 1.82) is 5.26 Å². The van der Waals surface area contributed by atoms with Crippen molar-refractivity contribution in [2.24, 2.45) is 0 Å². The van der Waals surface area contributed by atoms with E-state index in [-0.39, 0.29) is 32.7 Å². The maximum absolute atomic E-state index is 9.16. The van der Waals surface area contributed by atoms with Gasteiger partial charge in [-0.05, 0) is 18.6 Å². The molecule has 0 amide bonds. The molecule has 1 aromatic rings. The average Bonchev–Trinajstić information content (AvgIpc) is 2.45. The van der Waals surface area contributed by atoms with Crippen molar-refractivity contribution in [3.8, 4) is 11.8 Å². The topological polar surface area (TPSA) is 42.2 Å². The Hall–Kier alpha value is -0.466. The first kappa shape index (κ1) is 19.6. The van der Waals surface area contributed by atoms with Gasteiger partial charge in [-0.2, -0.15) is 5.26 Å². The minimum atomic E-state index is 0. The van der Waals surface area contributed by atoms with Gasteiger partial charge in [-0.25, -0.2) is 0 Å². The van der Waals surface area contributed by atoms with Crippen LogP contribution in [0.25, 0.3) is 0 Å². The van der Waals surface area contributed by atoms with Crippen LogP contribution in [0.3, 0.4) is 0 Å². The fraction of sp³-hybridized carbons (Fsp3) is 0.588. The molecule has 0 atom stereocenters. The van der Waals surface area contributed by atoms with Crippen molar-refractivity contribution in [1.82, 2.24) is 0 Å². The molecule has 0 unspecified atom stereocenters. The molecule has 1 aromatic carbocycles. The summed E-state index contributed by atoms with van der Waals surface area (Å²) in [5.41, 5.74) is 1.65. The molecule has 0 spiro atoms. The molecule has 0 aliphatic carbocycles. The first-order valence-electron chi connectivity index (χ1n) is 7.68. The molecule has 1 fully saturated rings. The second-order valence-corrected chi connectivity index (χ2v) is 6.02. The molecule has 1 aliphatic heterocycles. The molecule has 4 nitrogen and oxygen atoms in total. The molecular formula is C17H25N2O2Y+. The van der Waals surface area contributed by atoms with Gasteiger partial charge >= 0.3 is 0 Å². The van der Waals surface area contributed by atoms with E-state index in [1.165, 1.54) is 0 Å². The molecule has 22 heavy (non-hydrogen) atoms. The van der Waals surface area contributed by atoms with Crippen molar-refractivity contribution in [3.63, 3.8) is 0 Å². The molecule has 0 bridgehead atoms. The minimum absolute atomic E-state index is 0. The van der Waals surface area contributed by atoms with Crippen LogP contribution in [0.15, 0.2) is 18.2 Å². The van der Waals surface area contributed by atoms with Crippen molar-refractivity contribution >= 4 is 0 Å². The molecule has 1 aliphatic rings. The third kappa shape index (κ3) is 5.63. The van der Waals surface area contributed by atoms with Gasteiger partial charge in [0.15, 0.2) is 0 Å². The molecule has 2 rings (SSSR count). The van der Waals surface area contributed by atoms with Crippen LogP contribution in [-0.2, 0) is 37.4 Å². The van der Waals surface area contributed by atoms with Gasteiger partial charge in [0.1, 0.15) is 25.0 Å². The summed E-state index contributed by atoms with van der Waals surface area (Å²) in [6, 6.07) is 7.90. The summed E-state index contributed by atoms with van der Waals surface area (Å²) < 4.78 is 12.5. The van der Waals surface area contributed by atoms with E-state index < -0.39 is 0 Å². The zero-order valence-corrected chi connectivity index (χ0v) is 16.5. The third-order valence-electron chi connectivity index (χ3n) is 4.18. The second-order valence-electron chi connectivity index (χ2n) is 6.02. The van der Waals surface area contributed by atoms with Gasteiger partial charge in [-0.1, -0.05) is 12.1 Å². The van der Waals surface area contributed by atoms with E-state index in [1.807, 2.05) is 25.1 Å². The van der Waals surface area contributed by atoms with Crippen LogP contribution in [0.1, 0.15) is 24.0 Å². The fourth-order valence-electron chi connectivity index (χ4n) is 2.83. The fourth-order valence-corrected chi connectivity index (χ4v) is 2.83. The Labute approximate surface area is 158 Å². The van der Waals surface area contributed by atoms with Crippen LogP contribution in [-0.4, -0.2) is 51.0 Å². The summed E-state index contributed by atoms with van der Waals surface area (Å²) >= 11 is 0. The smallest absolute Gasteiger partial charge is 0.140 e. The predicted molar refractivity (Wildman–Crippen MR) is 82.2 cm³/mol. The third-order valence-corrected chi connectivity index (χ3v) is 4.18. The Morgan fingerprint density at radius 3 is 2.59 bits per heavy atom. The van der Waals surface area contributed by atoms with E-state index in [0.29, 0.717) is 12.2 Å². The maximum atomic E-state index is 9.16. The first-order chi connectivity index (χ1) is 10.1. The summed E-state index contributed by atoms with van der Waals surface area (Å²) in [4.78, 5) is 0. The number of rotatable bonds is 4. The quantitative estimate of drug-likeness (QED) is 0.757. The van der Waals surface area contributed by atoms with Gasteiger partial charge in [0.25, 0.3) is 0 Å². The number of para-hydroxylation sites is 1. The number of hydrogen-bond acceptors (Lipinski definition) is 3. The number of ether oxygens (including phenoxy) is 2. The molecular weight excluding hydrogens is 353 g/mol. The van der Waals surface area contributed by atoms with Gasteiger partial charge in [0.05, 0.1) is 38.9 Å². The van der Waals surface area contributed by atoms with Crippen molar-refractivity contribution in [2.75, 3.05) is 46.5 Å². The minimum Gasteiger partial charge on any atom is -0.486 e. The van der Waals surface area contributed by atoms with Gasteiger partial charge in [0, 0.05) is 45.6 Å². The molecule has 1 radical (unpaired) electrons. The standard InChI is InChI=1S/C17H25N2O2.Y/c1-15-6-3-7-16(14-18)17(15)21-13-10-19(2)8-4-11-20-12-5-9-19;/h3,6-7H,4-5,8-13H2,1-2H3;/q+1;. The Bertz CT molecular complexity index is 506. The van der Waals surface area contributed by atoms with Crippen LogP contribution in [0, 0.1) is 18.3 Å². The maximum Gasteiger partial charge on any atom is 0.140 e. The second kappa shape index (κ2) is 9.62. The van der Waals surface area contributed by atoms with Gasteiger partial charge < -0.3 is 14.0 Å². The normalized spacial score (nSPS) is 17.5. The molecule has 0 saturated carbocycles. The summed E-state index contributed by atoms with van der Waals surface area (Å²) in [6.07, 6.45) is 2.20. The van der Waals surface area contributed by atoms with Crippen LogP contribution < -0.4 is 4.74 Å². The van der Waals surface area contributed by atoms with Gasteiger partial charge in [-0.3, -0.25) is 0 Å². The van der Waals surface area contributed by atoms with Crippen LogP contribution >= 0.6 is 0 Å². The first-order valence-corrected chi connectivity index (χ1v) is 7.68. The number of likely N-dealkylation sites (N-methyl/N-ethyl adjacent to an activating group) is 1. The number of nitrogens with zero attached hydrogens (tertiary/aromatic N) is 2. The monoisotopic (exact) mass is 378 g/mol. The number of quaternary nitrogens is 1. The van der Waals surface area contributed by atoms with Crippen molar-refractivity contribution < 1.29 is 46.7 Å². The number of benzene rings is 1. The number of aryl methyl sites for hydroxylation is 1. The Balaban J connectivity index is 0.00000242. The Morgan fingerprint density at radius 1 is 1.27 bits per heavy atom. The summed E-state index contributed by atoms with van der Waals surface area (Å²) in [5, 5.41) is 9.16. The zero-order chi connectivity index (χ0) is 15.1. The van der Waals surface area contributed by atoms with E-state index in [2.05, 4.69) is 13.1 Å². The van der Waals surface area contributed by atoms with E-state index in [9.17, 15) is 0 Å². The average molecular weight is 378 g/mol. The molecule has 1 heterocycles. The molecule has 0 N–H and O–H groups in total. The largest absolute Gasteiger partial charge is 0.486 e. The number of nitriles is 1. The molecule has 1 saturated heterocycles. The molecule has 5 heteroatoms. The summed E-state index contributed by atoms with van der Waals surface area (Å²) in [6.45, 7) is 7.59. The Morgan fingerprint density at radius 2 is 1.95 bits per heavy atom. The van der Waals surface area contributed by atoms with Crippen molar-refractivity contribution in [3.05, 3.63) is 29.3 Å². The molecule has 117 valence electrons. The summed E-state index contributed by atoms with van der Waals surface area (Å²) in [5.74, 6) is 0.738. The predicted octanol–water partition coefficient (Wildman–Crippen LogP) is 2.50. The Kier molecular flexibility index (Phi) is 8.56. The van der Waals surface area contributed by atoms with Gasteiger partial charge in [0.2, 0.25) is 0 Å². The SMILES string of the molecule is Cc1cccc(C#N)c1OCC[N+]1(C)CCCOCCC1.[Y]. The van der Waals surface area contributed by atoms with Gasteiger partial charge in [-0.15, -0.1) is 0 Å².